The minimum Gasteiger partial charge on any atom is -0.213 e. The van der Waals surface area contributed by atoms with Crippen LogP contribution in [0.15, 0.2) is 0 Å². The quantitative estimate of drug-likeness (QED) is 0.742. The SMILES string of the molecule is CC1C(Br)CCC1CC1CCCN(S(C)(=O)=O)C1. The fourth-order valence-corrected chi connectivity index (χ4v) is 5.11. The molecule has 0 bridgehead atoms. The van der Waals surface area contributed by atoms with Crippen molar-refractivity contribution in [3.8, 4) is 0 Å². The molecule has 5 heteroatoms. The number of piperidine rings is 1. The summed E-state index contributed by atoms with van der Waals surface area (Å²) in [4.78, 5) is 0.664. The molecule has 1 saturated heterocycles. The van der Waals surface area contributed by atoms with Crippen LogP contribution in [0.1, 0.15) is 39.0 Å². The zero-order valence-electron chi connectivity index (χ0n) is 11.3. The van der Waals surface area contributed by atoms with Gasteiger partial charge in [-0.15, -0.1) is 0 Å². The molecule has 106 valence electrons. The fourth-order valence-electron chi connectivity index (χ4n) is 3.48. The van der Waals surface area contributed by atoms with Crippen LogP contribution in [0.25, 0.3) is 0 Å². The van der Waals surface area contributed by atoms with Crippen molar-refractivity contribution in [3.63, 3.8) is 0 Å². The molecule has 0 radical (unpaired) electrons. The van der Waals surface area contributed by atoms with Gasteiger partial charge in [0.05, 0.1) is 6.26 Å². The Bertz CT molecular complexity index is 384. The van der Waals surface area contributed by atoms with Gasteiger partial charge < -0.3 is 0 Å². The fraction of sp³-hybridized carbons (Fsp3) is 1.00. The summed E-state index contributed by atoms with van der Waals surface area (Å²) in [6, 6.07) is 0. The maximum absolute atomic E-state index is 11.6. The van der Waals surface area contributed by atoms with Gasteiger partial charge in [0.25, 0.3) is 0 Å². The van der Waals surface area contributed by atoms with Crippen molar-refractivity contribution in [3.05, 3.63) is 0 Å². The second-order valence-electron chi connectivity index (χ2n) is 6.08. The number of rotatable bonds is 3. The Morgan fingerprint density at radius 3 is 2.56 bits per heavy atom. The van der Waals surface area contributed by atoms with Crippen LogP contribution in [0.2, 0.25) is 0 Å². The maximum atomic E-state index is 11.6. The van der Waals surface area contributed by atoms with Crippen molar-refractivity contribution in [1.82, 2.24) is 4.31 Å². The summed E-state index contributed by atoms with van der Waals surface area (Å²) < 4.78 is 24.9. The lowest BCUT2D eigenvalue weighted by Gasteiger charge is -2.33. The van der Waals surface area contributed by atoms with Gasteiger partial charge in [-0.05, 0) is 49.9 Å². The number of hydrogen-bond acceptors (Lipinski definition) is 2. The van der Waals surface area contributed by atoms with Crippen LogP contribution in [0.3, 0.4) is 0 Å². The van der Waals surface area contributed by atoms with Gasteiger partial charge in [0.2, 0.25) is 10.0 Å². The van der Waals surface area contributed by atoms with Crippen molar-refractivity contribution in [2.75, 3.05) is 19.3 Å². The van der Waals surface area contributed by atoms with Crippen LogP contribution in [0.5, 0.6) is 0 Å². The van der Waals surface area contributed by atoms with Crippen LogP contribution in [-0.2, 0) is 10.0 Å². The average molecular weight is 338 g/mol. The topological polar surface area (TPSA) is 37.4 Å². The summed E-state index contributed by atoms with van der Waals surface area (Å²) in [5, 5.41) is 0. The molecule has 0 spiro atoms. The van der Waals surface area contributed by atoms with E-state index < -0.39 is 10.0 Å². The first kappa shape index (κ1) is 14.8. The molecule has 2 fully saturated rings. The molecule has 3 nitrogen and oxygen atoms in total. The molecule has 1 aliphatic heterocycles. The minimum absolute atomic E-state index is 0.568. The van der Waals surface area contributed by atoms with Gasteiger partial charge in [-0.25, -0.2) is 12.7 Å². The molecule has 4 atom stereocenters. The highest BCUT2D eigenvalue weighted by Gasteiger charge is 2.34. The third kappa shape index (κ3) is 3.48. The lowest BCUT2D eigenvalue weighted by atomic mass is 9.84. The Balaban J connectivity index is 1.90. The first-order chi connectivity index (χ1) is 8.38. The first-order valence-corrected chi connectivity index (χ1v) is 9.73. The normalized spacial score (nSPS) is 39.1. The monoisotopic (exact) mass is 337 g/mol. The lowest BCUT2D eigenvalue weighted by Crippen LogP contribution is -2.39. The van der Waals surface area contributed by atoms with Gasteiger partial charge in [0, 0.05) is 17.9 Å². The Kier molecular flexibility index (Phi) is 4.76. The highest BCUT2D eigenvalue weighted by molar-refractivity contribution is 9.09. The highest BCUT2D eigenvalue weighted by atomic mass is 79.9. The van der Waals surface area contributed by atoms with E-state index in [1.807, 2.05) is 0 Å². The summed E-state index contributed by atoms with van der Waals surface area (Å²) in [5.41, 5.74) is 0. The van der Waals surface area contributed by atoms with E-state index in [1.54, 1.807) is 4.31 Å². The summed E-state index contributed by atoms with van der Waals surface area (Å²) in [6.07, 6.45) is 7.33. The number of hydrogen-bond donors (Lipinski definition) is 0. The van der Waals surface area contributed by atoms with E-state index in [1.165, 1.54) is 31.9 Å². The van der Waals surface area contributed by atoms with Gasteiger partial charge in [0.15, 0.2) is 0 Å². The van der Waals surface area contributed by atoms with Crippen molar-refractivity contribution in [2.45, 2.75) is 43.9 Å². The maximum Gasteiger partial charge on any atom is 0.211 e. The van der Waals surface area contributed by atoms with E-state index in [9.17, 15) is 8.42 Å². The minimum atomic E-state index is -2.99. The number of sulfonamides is 1. The molecule has 1 heterocycles. The summed E-state index contributed by atoms with van der Waals surface area (Å²) in [6.45, 7) is 3.79. The van der Waals surface area contributed by atoms with E-state index in [4.69, 9.17) is 0 Å². The third-order valence-electron chi connectivity index (χ3n) is 4.71. The second-order valence-corrected chi connectivity index (χ2v) is 9.24. The molecule has 0 aromatic carbocycles. The van der Waals surface area contributed by atoms with E-state index in [-0.39, 0.29) is 0 Å². The molecule has 18 heavy (non-hydrogen) atoms. The van der Waals surface area contributed by atoms with Crippen LogP contribution < -0.4 is 0 Å². The molecule has 4 unspecified atom stereocenters. The molecule has 0 aromatic heterocycles. The molecule has 0 amide bonds. The average Bonchev–Trinajstić information content (AvgIpc) is 2.60. The Hall–Kier alpha value is 0.390. The molecule has 1 saturated carbocycles. The Morgan fingerprint density at radius 1 is 1.28 bits per heavy atom. The molecular weight excluding hydrogens is 314 g/mol. The standard InChI is InChI=1S/C13H24BrNO2S/c1-10-12(5-6-13(10)14)8-11-4-3-7-15(9-11)18(2,16)17/h10-13H,3-9H2,1-2H3. The summed E-state index contributed by atoms with van der Waals surface area (Å²) in [5.74, 6) is 2.08. The summed E-state index contributed by atoms with van der Waals surface area (Å²) >= 11 is 3.75. The summed E-state index contributed by atoms with van der Waals surface area (Å²) in [7, 11) is -2.99. The van der Waals surface area contributed by atoms with Gasteiger partial charge in [0.1, 0.15) is 0 Å². The zero-order chi connectivity index (χ0) is 13.3. The highest BCUT2D eigenvalue weighted by Crippen LogP contribution is 2.41. The van der Waals surface area contributed by atoms with Crippen molar-refractivity contribution < 1.29 is 8.42 Å². The van der Waals surface area contributed by atoms with Gasteiger partial charge >= 0.3 is 0 Å². The van der Waals surface area contributed by atoms with Crippen LogP contribution in [0, 0.1) is 17.8 Å². The smallest absolute Gasteiger partial charge is 0.211 e. The van der Waals surface area contributed by atoms with Crippen molar-refractivity contribution in [2.24, 2.45) is 17.8 Å². The number of nitrogens with zero attached hydrogens (tertiary/aromatic N) is 1. The van der Waals surface area contributed by atoms with Gasteiger partial charge in [-0.1, -0.05) is 22.9 Å². The van der Waals surface area contributed by atoms with Crippen molar-refractivity contribution in [1.29, 1.82) is 0 Å². The lowest BCUT2D eigenvalue weighted by molar-refractivity contribution is 0.217. The van der Waals surface area contributed by atoms with Crippen LogP contribution >= 0.6 is 15.9 Å². The number of halogens is 1. The first-order valence-electron chi connectivity index (χ1n) is 6.97. The van der Waals surface area contributed by atoms with Crippen LogP contribution in [0.4, 0.5) is 0 Å². The van der Waals surface area contributed by atoms with Crippen molar-refractivity contribution >= 4 is 26.0 Å². The van der Waals surface area contributed by atoms with E-state index in [0.29, 0.717) is 10.7 Å². The molecular formula is C13H24BrNO2S. The molecule has 0 N–H and O–H groups in total. The molecule has 2 rings (SSSR count). The van der Waals surface area contributed by atoms with E-state index in [0.717, 1.165) is 31.3 Å². The third-order valence-corrected chi connectivity index (χ3v) is 7.28. The molecule has 2 aliphatic rings. The predicted octanol–water partition coefficient (Wildman–Crippen LogP) is 2.86. The van der Waals surface area contributed by atoms with Gasteiger partial charge in [-0.2, -0.15) is 0 Å². The number of alkyl halides is 1. The molecule has 1 aliphatic carbocycles. The second kappa shape index (κ2) is 5.80. The Morgan fingerprint density at radius 2 is 2.00 bits per heavy atom. The van der Waals surface area contributed by atoms with E-state index >= 15 is 0 Å². The van der Waals surface area contributed by atoms with E-state index in [2.05, 4.69) is 22.9 Å². The Labute approximate surface area is 119 Å². The zero-order valence-corrected chi connectivity index (χ0v) is 13.7. The predicted molar refractivity (Wildman–Crippen MR) is 78.4 cm³/mol. The largest absolute Gasteiger partial charge is 0.213 e. The molecule has 0 aromatic rings. The van der Waals surface area contributed by atoms with Crippen LogP contribution in [-0.4, -0.2) is 36.9 Å². The van der Waals surface area contributed by atoms with Gasteiger partial charge in [-0.3, -0.25) is 0 Å².